The molecule has 19 heavy (non-hydrogen) atoms. The van der Waals surface area contributed by atoms with Crippen LogP contribution in [0.5, 0.6) is 0 Å². The second kappa shape index (κ2) is 8.73. The summed E-state index contributed by atoms with van der Waals surface area (Å²) in [5, 5.41) is 0. The van der Waals surface area contributed by atoms with E-state index in [4.69, 9.17) is 14.2 Å². The molecule has 0 aliphatic carbocycles. The van der Waals surface area contributed by atoms with E-state index in [0.717, 1.165) is 12.2 Å². The zero-order chi connectivity index (χ0) is 14.8. The quantitative estimate of drug-likeness (QED) is 0.381. The van der Waals surface area contributed by atoms with E-state index in [1.165, 1.54) is 19.0 Å². The van der Waals surface area contributed by atoms with Gasteiger partial charge in [0.15, 0.2) is 6.10 Å². The summed E-state index contributed by atoms with van der Waals surface area (Å²) in [6.45, 7) is 5.98. The lowest BCUT2D eigenvalue weighted by Gasteiger charge is -2.18. The molecular weight excluding hydrogens is 254 g/mol. The number of hydrogen-bond acceptors (Lipinski definition) is 6. The summed E-state index contributed by atoms with van der Waals surface area (Å²) in [7, 11) is 3.01. The van der Waals surface area contributed by atoms with Gasteiger partial charge in [0.2, 0.25) is 0 Å². The van der Waals surface area contributed by atoms with Crippen molar-refractivity contribution in [3.05, 3.63) is 25.3 Å². The molecule has 0 radical (unpaired) electrons. The molecule has 7 heteroatoms. The Morgan fingerprint density at radius 1 is 1.05 bits per heavy atom. The van der Waals surface area contributed by atoms with Crippen LogP contribution in [-0.2, 0) is 23.8 Å². The van der Waals surface area contributed by atoms with Gasteiger partial charge in [-0.05, 0) is 0 Å². The molecule has 106 valence electrons. The SMILES string of the molecule is C=CC(=O)OCC(COC(=O)N(C)C)OC(=O)C=C. The Morgan fingerprint density at radius 2 is 1.58 bits per heavy atom. The third-order valence-corrected chi connectivity index (χ3v) is 1.79. The molecule has 1 atom stereocenters. The number of esters is 2. The first-order valence-electron chi connectivity index (χ1n) is 5.37. The van der Waals surface area contributed by atoms with Crippen LogP contribution in [0.2, 0.25) is 0 Å². The van der Waals surface area contributed by atoms with E-state index in [0.29, 0.717) is 0 Å². The number of nitrogens with zero attached hydrogens (tertiary/aromatic N) is 1. The number of amides is 1. The maximum absolute atomic E-state index is 11.2. The Hall–Kier alpha value is -2.31. The average molecular weight is 271 g/mol. The number of hydrogen-bond donors (Lipinski definition) is 0. The molecular formula is C12H17NO6. The minimum Gasteiger partial charge on any atom is -0.458 e. The lowest BCUT2D eigenvalue weighted by molar-refractivity contribution is -0.155. The first-order valence-corrected chi connectivity index (χ1v) is 5.37. The van der Waals surface area contributed by atoms with Crippen LogP contribution >= 0.6 is 0 Å². The lowest BCUT2D eigenvalue weighted by atomic mass is 10.4. The van der Waals surface area contributed by atoms with Crippen LogP contribution in [0.25, 0.3) is 0 Å². The zero-order valence-corrected chi connectivity index (χ0v) is 11.0. The van der Waals surface area contributed by atoms with E-state index in [-0.39, 0.29) is 13.2 Å². The number of rotatable bonds is 7. The zero-order valence-electron chi connectivity index (χ0n) is 11.0. The van der Waals surface area contributed by atoms with Gasteiger partial charge in [0, 0.05) is 26.2 Å². The second-order valence-electron chi connectivity index (χ2n) is 3.57. The minimum atomic E-state index is -0.904. The number of carbonyl (C=O) groups is 3. The maximum atomic E-state index is 11.2. The summed E-state index contributed by atoms with van der Waals surface area (Å²) < 4.78 is 14.4. The molecule has 0 aromatic heterocycles. The van der Waals surface area contributed by atoms with Gasteiger partial charge in [-0.3, -0.25) is 0 Å². The molecule has 0 aliphatic rings. The molecule has 0 bridgehead atoms. The average Bonchev–Trinajstić information content (AvgIpc) is 2.40. The van der Waals surface area contributed by atoms with Crippen LogP contribution in [0.15, 0.2) is 25.3 Å². The highest BCUT2D eigenvalue weighted by molar-refractivity contribution is 5.82. The molecule has 0 N–H and O–H groups in total. The third kappa shape index (κ3) is 7.58. The minimum absolute atomic E-state index is 0.235. The predicted octanol–water partition coefficient (Wildman–Crippen LogP) is 0.512. The largest absolute Gasteiger partial charge is 0.458 e. The molecule has 0 aromatic carbocycles. The van der Waals surface area contributed by atoms with Crippen molar-refractivity contribution in [3.8, 4) is 0 Å². The van der Waals surface area contributed by atoms with Crippen molar-refractivity contribution in [2.45, 2.75) is 6.10 Å². The van der Waals surface area contributed by atoms with Crippen molar-refractivity contribution in [3.63, 3.8) is 0 Å². The van der Waals surface area contributed by atoms with Crippen LogP contribution in [0.1, 0.15) is 0 Å². The van der Waals surface area contributed by atoms with Crippen LogP contribution in [0.4, 0.5) is 4.79 Å². The first kappa shape index (κ1) is 16.7. The molecule has 0 saturated carbocycles. The van der Waals surface area contributed by atoms with E-state index >= 15 is 0 Å². The third-order valence-electron chi connectivity index (χ3n) is 1.79. The van der Waals surface area contributed by atoms with Crippen molar-refractivity contribution >= 4 is 18.0 Å². The van der Waals surface area contributed by atoms with Crippen molar-refractivity contribution in [2.24, 2.45) is 0 Å². The Morgan fingerprint density at radius 3 is 2.05 bits per heavy atom. The fraction of sp³-hybridized carbons (Fsp3) is 0.417. The van der Waals surface area contributed by atoms with Gasteiger partial charge >= 0.3 is 18.0 Å². The molecule has 0 rings (SSSR count). The van der Waals surface area contributed by atoms with Gasteiger partial charge in [-0.15, -0.1) is 0 Å². The van der Waals surface area contributed by atoms with E-state index in [9.17, 15) is 14.4 Å². The summed E-state index contributed by atoms with van der Waals surface area (Å²) >= 11 is 0. The van der Waals surface area contributed by atoms with E-state index in [1.54, 1.807) is 0 Å². The summed E-state index contributed by atoms with van der Waals surface area (Å²) in [6, 6.07) is 0. The smallest absolute Gasteiger partial charge is 0.409 e. The fourth-order valence-corrected chi connectivity index (χ4v) is 0.856. The van der Waals surface area contributed by atoms with Crippen LogP contribution < -0.4 is 0 Å². The number of carbonyl (C=O) groups excluding carboxylic acids is 3. The normalized spacial score (nSPS) is 10.8. The molecule has 0 aromatic rings. The monoisotopic (exact) mass is 271 g/mol. The molecule has 0 saturated heterocycles. The van der Waals surface area contributed by atoms with Gasteiger partial charge in [-0.2, -0.15) is 0 Å². The Balaban J connectivity index is 4.36. The molecule has 1 amide bonds. The van der Waals surface area contributed by atoms with Gasteiger partial charge < -0.3 is 19.1 Å². The topological polar surface area (TPSA) is 82.1 Å². The van der Waals surface area contributed by atoms with Crippen molar-refractivity contribution in [1.82, 2.24) is 4.90 Å². The van der Waals surface area contributed by atoms with Gasteiger partial charge in [0.05, 0.1) is 0 Å². The predicted molar refractivity (Wildman–Crippen MR) is 66.3 cm³/mol. The summed E-state index contributed by atoms with van der Waals surface area (Å²) in [5.74, 6) is -1.38. The fourth-order valence-electron chi connectivity index (χ4n) is 0.856. The summed E-state index contributed by atoms with van der Waals surface area (Å²) in [4.78, 5) is 34.4. The molecule has 0 spiro atoms. The second-order valence-corrected chi connectivity index (χ2v) is 3.57. The highest BCUT2D eigenvalue weighted by Gasteiger charge is 2.18. The summed E-state index contributed by atoms with van der Waals surface area (Å²) in [6.07, 6.45) is 0.418. The van der Waals surface area contributed by atoms with Crippen molar-refractivity contribution in [2.75, 3.05) is 27.3 Å². The van der Waals surface area contributed by atoms with Gasteiger partial charge in [-0.1, -0.05) is 13.2 Å². The lowest BCUT2D eigenvalue weighted by Crippen LogP contribution is -2.32. The summed E-state index contributed by atoms with van der Waals surface area (Å²) in [5.41, 5.74) is 0. The number of ether oxygens (including phenoxy) is 3. The highest BCUT2D eigenvalue weighted by Crippen LogP contribution is 1.99. The molecule has 0 aliphatic heterocycles. The molecule has 0 heterocycles. The van der Waals surface area contributed by atoms with E-state index in [1.807, 2.05) is 0 Å². The molecule has 7 nitrogen and oxygen atoms in total. The maximum Gasteiger partial charge on any atom is 0.409 e. The van der Waals surface area contributed by atoms with Crippen LogP contribution in [0, 0.1) is 0 Å². The molecule has 1 unspecified atom stereocenters. The van der Waals surface area contributed by atoms with Crippen molar-refractivity contribution < 1.29 is 28.6 Å². The standard InChI is InChI=1S/C12H17NO6/c1-5-10(14)17-7-9(19-11(15)6-2)8-18-12(16)13(3)4/h5-6,9H,1-2,7-8H2,3-4H3. The van der Waals surface area contributed by atoms with Crippen molar-refractivity contribution in [1.29, 1.82) is 0 Å². The Kier molecular flexibility index (Phi) is 7.67. The Bertz CT molecular complexity index is 363. The highest BCUT2D eigenvalue weighted by atomic mass is 16.6. The first-order chi connectivity index (χ1) is 8.90. The van der Waals surface area contributed by atoms with Gasteiger partial charge in [0.1, 0.15) is 13.2 Å². The Labute approximate surface area is 111 Å². The van der Waals surface area contributed by atoms with E-state index < -0.39 is 24.1 Å². The molecule has 0 fully saturated rings. The van der Waals surface area contributed by atoms with Crippen LogP contribution in [-0.4, -0.2) is 56.3 Å². The van der Waals surface area contributed by atoms with Crippen LogP contribution in [0.3, 0.4) is 0 Å². The van der Waals surface area contributed by atoms with Gasteiger partial charge in [-0.25, -0.2) is 14.4 Å². The van der Waals surface area contributed by atoms with E-state index in [2.05, 4.69) is 13.2 Å². The van der Waals surface area contributed by atoms with Gasteiger partial charge in [0.25, 0.3) is 0 Å².